The first-order valence-electron chi connectivity index (χ1n) is 19.7. The number of nitrogens with two attached hydrogens (primary N) is 1. The van der Waals surface area contributed by atoms with E-state index in [0.717, 1.165) is 62.6 Å². The molecule has 0 bridgehead atoms. The number of likely N-dealkylation sites (tertiary alicyclic amines) is 3. The van der Waals surface area contributed by atoms with E-state index in [2.05, 4.69) is 50.8 Å². The van der Waals surface area contributed by atoms with Crippen LogP contribution in [-0.4, -0.2) is 125 Å². The number of aliphatic hydroxyl groups excluding tert-OH is 1. The third-order valence-corrected chi connectivity index (χ3v) is 11.6. The number of anilines is 1. The Morgan fingerprint density at radius 2 is 1.02 bits per heavy atom. The number of hydrogen-bond acceptors (Lipinski definition) is 14. The Morgan fingerprint density at radius 1 is 0.644 bits per heavy atom. The van der Waals surface area contributed by atoms with Gasteiger partial charge in [0.1, 0.15) is 27.6 Å². The van der Waals surface area contributed by atoms with Gasteiger partial charge in [-0.15, -0.1) is 0 Å². The zero-order chi connectivity index (χ0) is 43.3. The van der Waals surface area contributed by atoms with Crippen molar-refractivity contribution in [2.75, 3.05) is 86.0 Å². The van der Waals surface area contributed by atoms with Crippen molar-refractivity contribution in [3.8, 4) is 11.8 Å². The number of nitrogens with zero attached hydrogens (tertiary/aromatic N) is 8. The fourth-order valence-corrected chi connectivity index (χ4v) is 7.27. The Labute approximate surface area is 366 Å². The van der Waals surface area contributed by atoms with E-state index in [1.165, 1.54) is 70.8 Å². The summed E-state index contributed by atoms with van der Waals surface area (Å²) in [5.74, 6) is 2.97. The zero-order valence-corrected chi connectivity index (χ0v) is 37.0. The maximum atomic E-state index is 10.6. The number of piperidine rings is 3. The quantitative estimate of drug-likeness (QED) is 0.100. The lowest BCUT2D eigenvalue weighted by molar-refractivity contribution is -0.385. The number of ether oxygens (including phenoxy) is 2. The number of aliphatic hydroxyl groups is 1. The molecular formula is C39H57Cl4N9O7. The molecule has 3 aromatic heterocycles. The summed E-state index contributed by atoms with van der Waals surface area (Å²) in [5, 5.41) is 30.2. The van der Waals surface area contributed by atoms with Crippen molar-refractivity contribution in [3.63, 3.8) is 0 Å². The van der Waals surface area contributed by atoms with Gasteiger partial charge >= 0.3 is 0 Å². The summed E-state index contributed by atoms with van der Waals surface area (Å²) < 4.78 is 11.1. The van der Waals surface area contributed by atoms with E-state index in [1.807, 2.05) is 0 Å². The van der Waals surface area contributed by atoms with Crippen molar-refractivity contribution >= 4 is 63.5 Å². The van der Waals surface area contributed by atoms with Crippen LogP contribution in [0.1, 0.15) is 57.8 Å². The molecule has 0 spiro atoms. The smallest absolute Gasteiger partial charge is 0.289 e. The molecular weight excluding hydrogens is 848 g/mol. The highest BCUT2D eigenvalue weighted by atomic mass is 35.5. The second-order valence-electron chi connectivity index (χ2n) is 15.0. The molecule has 3 aliphatic rings. The summed E-state index contributed by atoms with van der Waals surface area (Å²) in [7, 11) is 6.47. The molecule has 59 heavy (non-hydrogen) atoms. The van der Waals surface area contributed by atoms with Crippen LogP contribution >= 0.6 is 46.4 Å². The molecule has 0 amide bonds. The highest BCUT2D eigenvalue weighted by molar-refractivity contribution is 6.41. The first-order chi connectivity index (χ1) is 28.1. The molecule has 0 radical (unpaired) electrons. The average molecular weight is 906 g/mol. The lowest BCUT2D eigenvalue weighted by Gasteiger charge is -2.28. The topological polar surface area (TPSA) is 199 Å². The standard InChI is InChI=1S/C13H18ClN3O3.C13H20ClN3O.C8H17NO.C5H2Cl2N2O2/c1-16-5-2-10(3-6-16)4-7-20-13-12(14)8-11(9-15-13)17(18)19;1-17-5-2-10(3-6-17)4-7-18-13-12(14)8-11(15)9-16-13;1-9-5-2-8(3-6-9)4-7-10;6-4-1-3(9(10)11)2-8-5(4)7/h8-10H,2-7H2,1H3;8-10H,2-7,15H2,1H3;8,10H,2-7H2,1H3;1-2H. The fraction of sp³-hybridized carbons (Fsp3) is 0.615. The van der Waals surface area contributed by atoms with E-state index in [-0.39, 0.29) is 32.5 Å². The number of rotatable bonds is 12. The first kappa shape index (κ1) is 50.0. The van der Waals surface area contributed by atoms with Gasteiger partial charge < -0.3 is 35.0 Å². The molecule has 3 aliphatic heterocycles. The van der Waals surface area contributed by atoms with Crippen molar-refractivity contribution < 1.29 is 24.4 Å². The van der Waals surface area contributed by atoms with E-state index >= 15 is 0 Å². The van der Waals surface area contributed by atoms with Crippen molar-refractivity contribution in [2.45, 2.75) is 57.8 Å². The third-order valence-electron chi connectivity index (χ3n) is 10.4. The second-order valence-corrected chi connectivity index (χ2v) is 16.6. The SMILES string of the molecule is CN1CCC(CCO)CC1.CN1CCC(CCOc2ncc(N)cc2Cl)CC1.CN1CCC(CCOc2ncc([N+](=O)[O-])cc2Cl)CC1.O=[N+]([O-])c1cnc(Cl)c(Cl)c1. The minimum atomic E-state index is -0.588. The highest BCUT2D eigenvalue weighted by Gasteiger charge is 2.19. The van der Waals surface area contributed by atoms with Crippen molar-refractivity contribution in [3.05, 3.63) is 77.2 Å². The zero-order valence-electron chi connectivity index (χ0n) is 34.0. The minimum absolute atomic E-state index is 0.0669. The molecule has 6 rings (SSSR count). The molecule has 3 aromatic rings. The number of halogens is 4. The Kier molecular flexibility index (Phi) is 22.7. The van der Waals surface area contributed by atoms with Crippen LogP contribution in [0.3, 0.4) is 0 Å². The van der Waals surface area contributed by atoms with Crippen LogP contribution in [0.2, 0.25) is 20.2 Å². The number of hydrogen-bond donors (Lipinski definition) is 2. The van der Waals surface area contributed by atoms with Crippen LogP contribution in [0.15, 0.2) is 36.8 Å². The maximum Gasteiger partial charge on any atom is 0.289 e. The summed E-state index contributed by atoms with van der Waals surface area (Å²) in [5.41, 5.74) is 5.84. The van der Waals surface area contributed by atoms with Gasteiger partial charge in [-0.1, -0.05) is 46.4 Å². The lowest BCUT2D eigenvalue weighted by Crippen LogP contribution is -2.30. The largest absolute Gasteiger partial charge is 0.477 e. The Hall–Kier alpha value is -3.35. The highest BCUT2D eigenvalue weighted by Crippen LogP contribution is 2.28. The van der Waals surface area contributed by atoms with Gasteiger partial charge in [0.15, 0.2) is 0 Å². The molecule has 0 aliphatic carbocycles. The van der Waals surface area contributed by atoms with E-state index in [1.54, 1.807) is 12.3 Å². The van der Waals surface area contributed by atoms with E-state index < -0.39 is 9.85 Å². The third kappa shape index (κ3) is 19.3. The van der Waals surface area contributed by atoms with Crippen LogP contribution in [0.5, 0.6) is 11.8 Å². The van der Waals surface area contributed by atoms with Gasteiger partial charge in [0, 0.05) is 18.7 Å². The molecule has 0 aromatic carbocycles. The molecule has 6 heterocycles. The fourth-order valence-electron chi connectivity index (χ4n) is 6.56. The van der Waals surface area contributed by atoms with Gasteiger partial charge in [-0.3, -0.25) is 20.2 Å². The average Bonchev–Trinajstić information content (AvgIpc) is 3.20. The van der Waals surface area contributed by atoms with Gasteiger partial charge in [0.25, 0.3) is 11.4 Å². The van der Waals surface area contributed by atoms with Crippen molar-refractivity contribution in [1.82, 2.24) is 29.7 Å². The molecule has 0 atom stereocenters. The van der Waals surface area contributed by atoms with Gasteiger partial charge in [-0.25, -0.2) is 15.0 Å². The molecule has 16 nitrogen and oxygen atoms in total. The monoisotopic (exact) mass is 903 g/mol. The molecule has 3 fully saturated rings. The van der Waals surface area contributed by atoms with Crippen molar-refractivity contribution in [2.24, 2.45) is 17.8 Å². The predicted octanol–water partition coefficient (Wildman–Crippen LogP) is 8.19. The molecule has 3 N–H and O–H groups in total. The molecule has 0 unspecified atom stereocenters. The van der Waals surface area contributed by atoms with Gasteiger partial charge in [0.2, 0.25) is 11.8 Å². The summed E-state index contributed by atoms with van der Waals surface area (Å²) in [4.78, 5) is 38.1. The molecule has 3 saturated heterocycles. The van der Waals surface area contributed by atoms with Crippen molar-refractivity contribution in [1.29, 1.82) is 0 Å². The molecule has 20 heteroatoms. The van der Waals surface area contributed by atoms with Crippen LogP contribution < -0.4 is 15.2 Å². The Bertz CT molecular complexity index is 1730. The normalized spacial score (nSPS) is 17.0. The Morgan fingerprint density at radius 3 is 1.39 bits per heavy atom. The first-order valence-corrected chi connectivity index (χ1v) is 21.2. The Balaban J connectivity index is 0.000000219. The van der Waals surface area contributed by atoms with E-state index in [9.17, 15) is 20.2 Å². The summed E-state index contributed by atoms with van der Waals surface area (Å²) in [6.07, 6.45) is 14.2. The predicted molar refractivity (Wildman–Crippen MR) is 233 cm³/mol. The van der Waals surface area contributed by atoms with Crippen LogP contribution in [0, 0.1) is 38.0 Å². The van der Waals surface area contributed by atoms with E-state index in [4.69, 9.17) is 66.7 Å². The number of nitrogen functional groups attached to an aromatic ring is 1. The van der Waals surface area contributed by atoms with Gasteiger partial charge in [-0.2, -0.15) is 0 Å². The van der Waals surface area contributed by atoms with Gasteiger partial charge in [0.05, 0.1) is 40.0 Å². The number of pyridine rings is 3. The number of aromatic nitrogens is 3. The van der Waals surface area contributed by atoms with Crippen LogP contribution in [-0.2, 0) is 0 Å². The minimum Gasteiger partial charge on any atom is -0.477 e. The second kappa shape index (κ2) is 26.8. The molecule has 328 valence electrons. The summed E-state index contributed by atoms with van der Waals surface area (Å²) >= 11 is 22.8. The molecule has 0 saturated carbocycles. The van der Waals surface area contributed by atoms with Gasteiger partial charge in [-0.05, 0) is 142 Å². The summed E-state index contributed by atoms with van der Waals surface area (Å²) in [6, 6.07) is 4.08. The number of nitro groups is 2. The van der Waals surface area contributed by atoms with E-state index in [0.29, 0.717) is 42.3 Å². The summed E-state index contributed by atoms with van der Waals surface area (Å²) in [6.45, 7) is 8.63. The maximum absolute atomic E-state index is 10.6. The van der Waals surface area contributed by atoms with Crippen LogP contribution in [0.25, 0.3) is 0 Å². The lowest BCUT2D eigenvalue weighted by atomic mass is 9.94. The van der Waals surface area contributed by atoms with Crippen LogP contribution in [0.4, 0.5) is 17.1 Å².